The first-order valence-corrected chi connectivity index (χ1v) is 9.87. The maximum Gasteiger partial charge on any atom is 0.351 e. The Morgan fingerprint density at radius 3 is 2.60 bits per heavy atom. The van der Waals surface area contributed by atoms with E-state index in [1.165, 1.54) is 28.6 Å². The smallest absolute Gasteiger partial charge is 0.351 e. The molecule has 2 aliphatic rings. The van der Waals surface area contributed by atoms with E-state index in [9.17, 15) is 9.18 Å². The number of nitrogens with zero attached hydrogens (tertiary/aromatic N) is 7. The Kier molecular flexibility index (Phi) is 4.74. The van der Waals surface area contributed by atoms with Crippen LogP contribution in [0.5, 0.6) is 5.88 Å². The summed E-state index contributed by atoms with van der Waals surface area (Å²) in [5.41, 5.74) is 1.37. The highest BCUT2D eigenvalue weighted by atomic mass is 19.1. The van der Waals surface area contributed by atoms with Crippen LogP contribution >= 0.6 is 0 Å². The van der Waals surface area contributed by atoms with E-state index in [1.54, 1.807) is 18.3 Å². The van der Waals surface area contributed by atoms with E-state index in [0.717, 1.165) is 24.5 Å². The van der Waals surface area contributed by atoms with E-state index in [0.29, 0.717) is 23.2 Å². The van der Waals surface area contributed by atoms with Gasteiger partial charge in [-0.05, 0) is 31.0 Å². The normalized spacial score (nSPS) is 15.7. The lowest BCUT2D eigenvalue weighted by atomic mass is 10.2. The van der Waals surface area contributed by atoms with Gasteiger partial charge in [-0.2, -0.15) is 4.68 Å². The predicted molar refractivity (Wildman–Crippen MR) is 107 cm³/mol. The number of rotatable bonds is 6. The SMILES string of the molecule is O=C1N(c2ccc(OCCF)nc2)Cc2nc(-c3ccc(N4CCCC4)nc3)nn21. The molecule has 2 aliphatic heterocycles. The van der Waals surface area contributed by atoms with Crippen LogP contribution in [0.1, 0.15) is 18.7 Å². The molecule has 0 radical (unpaired) electrons. The molecule has 0 aromatic carbocycles. The van der Waals surface area contributed by atoms with E-state index >= 15 is 0 Å². The van der Waals surface area contributed by atoms with Crippen molar-refractivity contribution >= 4 is 17.5 Å². The maximum absolute atomic E-state index is 12.8. The van der Waals surface area contributed by atoms with Crippen molar-refractivity contribution in [3.63, 3.8) is 0 Å². The Morgan fingerprint density at radius 2 is 1.93 bits per heavy atom. The third-order valence-electron chi connectivity index (χ3n) is 5.18. The van der Waals surface area contributed by atoms with Crippen molar-refractivity contribution in [2.24, 2.45) is 0 Å². The number of carbonyl (C=O) groups is 1. The molecular weight excluding hydrogens is 389 g/mol. The van der Waals surface area contributed by atoms with Gasteiger partial charge in [-0.25, -0.2) is 24.1 Å². The van der Waals surface area contributed by atoms with Crippen LogP contribution in [0.25, 0.3) is 11.4 Å². The summed E-state index contributed by atoms with van der Waals surface area (Å²) in [7, 11) is 0. The van der Waals surface area contributed by atoms with Gasteiger partial charge in [-0.15, -0.1) is 5.10 Å². The molecule has 0 unspecified atom stereocenters. The van der Waals surface area contributed by atoms with Gasteiger partial charge in [0.25, 0.3) is 0 Å². The Labute approximate surface area is 172 Å². The van der Waals surface area contributed by atoms with Gasteiger partial charge in [0.1, 0.15) is 19.1 Å². The van der Waals surface area contributed by atoms with Gasteiger partial charge in [0, 0.05) is 30.9 Å². The van der Waals surface area contributed by atoms with Crippen molar-refractivity contribution < 1.29 is 13.9 Å². The second-order valence-corrected chi connectivity index (χ2v) is 7.12. The molecule has 5 heterocycles. The van der Waals surface area contributed by atoms with Gasteiger partial charge >= 0.3 is 6.03 Å². The minimum atomic E-state index is -0.584. The van der Waals surface area contributed by atoms with Crippen LogP contribution in [0.4, 0.5) is 20.7 Å². The number of pyridine rings is 2. The number of anilines is 2. The highest BCUT2D eigenvalue weighted by Crippen LogP contribution is 2.27. The molecule has 0 saturated carbocycles. The molecule has 0 N–H and O–H groups in total. The standard InChI is InChI=1S/C20H20FN7O2/c21-7-10-30-18-6-4-15(12-23-18)27-13-17-24-19(25-28(17)20(27)29)14-3-5-16(22-11-14)26-8-1-2-9-26/h3-6,11-12H,1-2,7-10,13H2. The van der Waals surface area contributed by atoms with Crippen molar-refractivity contribution in [1.82, 2.24) is 24.7 Å². The molecule has 1 amide bonds. The number of fused-ring (bicyclic) bond motifs is 1. The number of hydrogen-bond donors (Lipinski definition) is 0. The number of alkyl halides is 1. The first-order valence-electron chi connectivity index (χ1n) is 9.87. The average Bonchev–Trinajstić information content (AvgIpc) is 3.51. The van der Waals surface area contributed by atoms with Crippen molar-refractivity contribution in [2.45, 2.75) is 19.4 Å². The quantitative estimate of drug-likeness (QED) is 0.618. The van der Waals surface area contributed by atoms with Crippen LogP contribution < -0.4 is 14.5 Å². The van der Waals surface area contributed by atoms with Crippen molar-refractivity contribution in [3.05, 3.63) is 42.5 Å². The molecule has 0 atom stereocenters. The van der Waals surface area contributed by atoms with Crippen molar-refractivity contribution in [3.8, 4) is 17.3 Å². The van der Waals surface area contributed by atoms with Gasteiger partial charge in [0.2, 0.25) is 5.88 Å². The number of halogens is 1. The van der Waals surface area contributed by atoms with Gasteiger partial charge in [-0.3, -0.25) is 4.90 Å². The number of ether oxygens (including phenoxy) is 1. The fourth-order valence-corrected chi connectivity index (χ4v) is 3.66. The van der Waals surface area contributed by atoms with E-state index in [4.69, 9.17) is 4.74 Å². The Hall–Kier alpha value is -3.56. The lowest BCUT2D eigenvalue weighted by molar-refractivity contribution is 0.248. The van der Waals surface area contributed by atoms with Crippen LogP contribution in [-0.2, 0) is 6.54 Å². The first-order chi connectivity index (χ1) is 14.7. The third-order valence-corrected chi connectivity index (χ3v) is 5.18. The average molecular weight is 409 g/mol. The maximum atomic E-state index is 12.8. The van der Waals surface area contributed by atoms with Gasteiger partial charge in [0.05, 0.1) is 18.4 Å². The van der Waals surface area contributed by atoms with Gasteiger partial charge in [0.15, 0.2) is 11.6 Å². The topological polar surface area (TPSA) is 89.3 Å². The summed E-state index contributed by atoms with van der Waals surface area (Å²) < 4.78 is 18.6. The Bertz CT molecular complexity index is 1050. The number of carbonyl (C=O) groups excluding carboxylic acids is 1. The van der Waals surface area contributed by atoms with E-state index < -0.39 is 6.67 Å². The summed E-state index contributed by atoms with van der Waals surface area (Å²) in [4.78, 5) is 29.7. The molecule has 5 rings (SSSR count). The van der Waals surface area contributed by atoms with Gasteiger partial charge in [-0.1, -0.05) is 0 Å². The number of aromatic nitrogens is 5. The molecule has 0 aliphatic carbocycles. The summed E-state index contributed by atoms with van der Waals surface area (Å²) in [5.74, 6) is 2.30. The fraction of sp³-hybridized carbons (Fsp3) is 0.350. The molecule has 10 heteroatoms. The Morgan fingerprint density at radius 1 is 1.07 bits per heavy atom. The van der Waals surface area contributed by atoms with E-state index in [1.807, 2.05) is 12.1 Å². The highest BCUT2D eigenvalue weighted by molar-refractivity contribution is 5.95. The second kappa shape index (κ2) is 7.69. The minimum Gasteiger partial charge on any atom is -0.475 e. The van der Waals surface area contributed by atoms with Crippen LogP contribution in [0.15, 0.2) is 36.7 Å². The summed E-state index contributed by atoms with van der Waals surface area (Å²) in [6, 6.07) is 6.91. The molecule has 0 spiro atoms. The van der Waals surface area contributed by atoms with Crippen LogP contribution in [0.2, 0.25) is 0 Å². The fourth-order valence-electron chi connectivity index (χ4n) is 3.66. The summed E-state index contributed by atoms with van der Waals surface area (Å²) in [6.07, 6.45) is 5.65. The summed E-state index contributed by atoms with van der Waals surface area (Å²) in [5, 5.41) is 4.38. The summed E-state index contributed by atoms with van der Waals surface area (Å²) >= 11 is 0. The molecule has 3 aromatic heterocycles. The monoisotopic (exact) mass is 409 g/mol. The van der Waals surface area contributed by atoms with E-state index in [2.05, 4.69) is 25.0 Å². The lowest BCUT2D eigenvalue weighted by Crippen LogP contribution is -2.26. The molecule has 3 aromatic rings. The van der Waals surface area contributed by atoms with E-state index in [-0.39, 0.29) is 19.2 Å². The molecule has 1 fully saturated rings. The predicted octanol–water partition coefficient (Wildman–Crippen LogP) is 2.67. The zero-order valence-corrected chi connectivity index (χ0v) is 16.2. The number of hydrogen-bond acceptors (Lipinski definition) is 7. The molecule has 0 bridgehead atoms. The Balaban J connectivity index is 1.31. The molecule has 30 heavy (non-hydrogen) atoms. The van der Waals surface area contributed by atoms with Crippen LogP contribution in [0, 0.1) is 0 Å². The van der Waals surface area contributed by atoms with Crippen molar-refractivity contribution in [2.75, 3.05) is 36.2 Å². The molecule has 154 valence electrons. The number of amides is 1. The highest BCUT2D eigenvalue weighted by Gasteiger charge is 2.32. The largest absolute Gasteiger partial charge is 0.475 e. The zero-order chi connectivity index (χ0) is 20.5. The zero-order valence-electron chi connectivity index (χ0n) is 16.2. The molecular formula is C20H20FN7O2. The lowest BCUT2D eigenvalue weighted by Gasteiger charge is -2.16. The van der Waals surface area contributed by atoms with Crippen LogP contribution in [-0.4, -0.2) is 57.1 Å². The van der Waals surface area contributed by atoms with Crippen molar-refractivity contribution in [1.29, 1.82) is 0 Å². The first kappa shape index (κ1) is 18.5. The summed E-state index contributed by atoms with van der Waals surface area (Å²) in [6.45, 7) is 1.72. The third kappa shape index (κ3) is 3.34. The molecule has 9 nitrogen and oxygen atoms in total. The molecule has 1 saturated heterocycles. The minimum absolute atomic E-state index is 0.0507. The second-order valence-electron chi connectivity index (χ2n) is 7.12. The van der Waals surface area contributed by atoms with Crippen LogP contribution in [0.3, 0.4) is 0 Å². The van der Waals surface area contributed by atoms with Gasteiger partial charge < -0.3 is 9.64 Å².